The van der Waals surface area contributed by atoms with E-state index in [0.717, 1.165) is 15.7 Å². The lowest BCUT2D eigenvalue weighted by molar-refractivity contribution is -0.143. The molecule has 0 bridgehead atoms. The molecule has 2 rings (SSSR count). The summed E-state index contributed by atoms with van der Waals surface area (Å²) in [6.45, 7) is 0. The number of hydrogen-bond acceptors (Lipinski definition) is 4. The third-order valence-corrected chi connectivity index (χ3v) is 3.06. The molecule has 1 unspecified atom stereocenters. The van der Waals surface area contributed by atoms with Crippen LogP contribution in [0.25, 0.3) is 0 Å². The van der Waals surface area contributed by atoms with E-state index in [1.807, 2.05) is 24.3 Å². The van der Waals surface area contributed by atoms with Crippen molar-refractivity contribution in [2.45, 2.75) is 18.9 Å². The summed E-state index contributed by atoms with van der Waals surface area (Å²) in [5.41, 5.74) is 1.88. The van der Waals surface area contributed by atoms with Crippen molar-refractivity contribution < 1.29 is 14.4 Å². The van der Waals surface area contributed by atoms with Gasteiger partial charge in [0.05, 0.1) is 19.2 Å². The number of methoxy groups -OCH3 is 1. The minimum atomic E-state index is -0.276. The summed E-state index contributed by atoms with van der Waals surface area (Å²) in [5.74, 6) is -0.276. The van der Waals surface area contributed by atoms with Crippen LogP contribution in [0.1, 0.15) is 18.4 Å². The minimum Gasteiger partial charge on any atom is -0.469 e. The van der Waals surface area contributed by atoms with Gasteiger partial charge in [-0.15, -0.1) is 0 Å². The van der Waals surface area contributed by atoms with Crippen LogP contribution in [-0.4, -0.2) is 24.9 Å². The van der Waals surface area contributed by atoms with Gasteiger partial charge in [-0.2, -0.15) is 0 Å². The molecule has 0 spiro atoms. The number of carbonyl (C=O) groups excluding carboxylic acids is 1. The Balaban J connectivity index is 1.97. The van der Waals surface area contributed by atoms with Gasteiger partial charge in [-0.05, 0) is 17.7 Å². The summed E-state index contributed by atoms with van der Waals surface area (Å²) in [6, 6.07) is 7.83. The van der Waals surface area contributed by atoms with Gasteiger partial charge in [-0.3, -0.25) is 4.79 Å². The first kappa shape index (κ1) is 12.1. The van der Waals surface area contributed by atoms with E-state index in [1.54, 1.807) is 0 Å². The van der Waals surface area contributed by atoms with Crippen molar-refractivity contribution >= 4 is 27.6 Å². The Hall–Kier alpha value is -1.36. The number of benzene rings is 1. The van der Waals surface area contributed by atoms with Crippen molar-refractivity contribution in [1.29, 1.82) is 0 Å². The third kappa shape index (κ3) is 3.06. The van der Waals surface area contributed by atoms with Gasteiger partial charge in [0, 0.05) is 10.9 Å². The average molecular weight is 298 g/mol. The smallest absolute Gasteiger partial charge is 0.309 e. The highest BCUT2D eigenvalue weighted by atomic mass is 79.9. The molecule has 0 radical (unpaired) electrons. The molecule has 1 atom stereocenters. The number of esters is 1. The summed E-state index contributed by atoms with van der Waals surface area (Å²) in [5, 5.41) is 4.00. The van der Waals surface area contributed by atoms with Crippen LogP contribution in [0.3, 0.4) is 0 Å². The molecule has 1 aliphatic rings. The fraction of sp³-hybridized carbons (Fsp3) is 0.333. The van der Waals surface area contributed by atoms with Crippen molar-refractivity contribution in [2.24, 2.45) is 5.16 Å². The van der Waals surface area contributed by atoms with Crippen molar-refractivity contribution in [1.82, 2.24) is 0 Å². The maximum atomic E-state index is 11.1. The maximum absolute atomic E-state index is 11.1. The van der Waals surface area contributed by atoms with Gasteiger partial charge in [0.1, 0.15) is 6.10 Å². The van der Waals surface area contributed by atoms with Gasteiger partial charge in [-0.1, -0.05) is 33.2 Å². The van der Waals surface area contributed by atoms with Gasteiger partial charge in [0.2, 0.25) is 0 Å². The molecule has 0 N–H and O–H groups in total. The second-order valence-corrected chi connectivity index (χ2v) is 4.67. The molecule has 1 aromatic carbocycles. The fourth-order valence-electron chi connectivity index (χ4n) is 1.62. The maximum Gasteiger partial charge on any atom is 0.309 e. The standard InChI is InChI=1S/C12H12BrNO3/c1-16-12(15)7-10-6-11(14-17-10)8-2-4-9(13)5-3-8/h2-5,10H,6-7H2,1H3. The Morgan fingerprint density at radius 3 is 2.88 bits per heavy atom. The lowest BCUT2D eigenvalue weighted by Gasteiger charge is -2.05. The van der Waals surface area contributed by atoms with E-state index in [2.05, 4.69) is 25.8 Å². The zero-order chi connectivity index (χ0) is 12.3. The van der Waals surface area contributed by atoms with Gasteiger partial charge < -0.3 is 9.57 Å². The second-order valence-electron chi connectivity index (χ2n) is 3.76. The molecular weight excluding hydrogens is 286 g/mol. The van der Waals surface area contributed by atoms with Gasteiger partial charge in [0.15, 0.2) is 0 Å². The largest absolute Gasteiger partial charge is 0.469 e. The molecule has 1 heterocycles. The van der Waals surface area contributed by atoms with E-state index in [0.29, 0.717) is 6.42 Å². The van der Waals surface area contributed by atoms with Crippen LogP contribution in [0.2, 0.25) is 0 Å². The van der Waals surface area contributed by atoms with E-state index >= 15 is 0 Å². The number of rotatable bonds is 3. The number of nitrogens with zero attached hydrogens (tertiary/aromatic N) is 1. The zero-order valence-corrected chi connectivity index (χ0v) is 10.9. The highest BCUT2D eigenvalue weighted by Gasteiger charge is 2.24. The molecule has 0 saturated heterocycles. The van der Waals surface area contributed by atoms with Crippen LogP contribution in [0.4, 0.5) is 0 Å². The summed E-state index contributed by atoms with van der Waals surface area (Å²) >= 11 is 3.38. The lowest BCUT2D eigenvalue weighted by Crippen LogP contribution is -2.15. The molecular formula is C12H12BrNO3. The number of carbonyl (C=O) groups is 1. The van der Waals surface area contributed by atoms with Crippen molar-refractivity contribution in [3.63, 3.8) is 0 Å². The van der Waals surface area contributed by atoms with Gasteiger partial charge in [0.25, 0.3) is 0 Å². The van der Waals surface area contributed by atoms with Gasteiger partial charge in [-0.25, -0.2) is 0 Å². The molecule has 4 nitrogen and oxygen atoms in total. The summed E-state index contributed by atoms with van der Waals surface area (Å²) in [6.07, 6.45) is 0.664. The van der Waals surface area contributed by atoms with E-state index in [4.69, 9.17) is 4.84 Å². The molecule has 0 saturated carbocycles. The summed E-state index contributed by atoms with van der Waals surface area (Å²) < 4.78 is 5.61. The quantitative estimate of drug-likeness (QED) is 0.806. The second kappa shape index (κ2) is 5.31. The first-order valence-corrected chi connectivity index (χ1v) is 6.04. The molecule has 90 valence electrons. The number of oxime groups is 1. The Labute approximate surface area is 108 Å². The normalized spacial score (nSPS) is 18.5. The zero-order valence-electron chi connectivity index (χ0n) is 9.35. The Morgan fingerprint density at radius 2 is 2.24 bits per heavy atom. The minimum absolute atomic E-state index is 0.207. The summed E-state index contributed by atoms with van der Waals surface area (Å²) in [7, 11) is 1.37. The van der Waals surface area contributed by atoms with E-state index in [-0.39, 0.29) is 18.5 Å². The Bertz CT molecular complexity index is 442. The third-order valence-electron chi connectivity index (χ3n) is 2.53. The van der Waals surface area contributed by atoms with Gasteiger partial charge >= 0.3 is 5.97 Å². The van der Waals surface area contributed by atoms with Crippen LogP contribution in [-0.2, 0) is 14.4 Å². The van der Waals surface area contributed by atoms with E-state index in [1.165, 1.54) is 7.11 Å². The SMILES string of the molecule is COC(=O)CC1CC(c2ccc(Br)cc2)=NO1. The molecule has 1 aliphatic heterocycles. The predicted octanol–water partition coefficient (Wildman–Crippen LogP) is 2.51. The number of hydrogen-bond donors (Lipinski definition) is 0. The van der Waals surface area contributed by atoms with Crippen molar-refractivity contribution in [2.75, 3.05) is 7.11 Å². The van der Waals surface area contributed by atoms with Crippen molar-refractivity contribution in [3.8, 4) is 0 Å². The molecule has 17 heavy (non-hydrogen) atoms. The number of halogens is 1. The van der Waals surface area contributed by atoms with E-state index in [9.17, 15) is 4.79 Å². The molecule has 5 heteroatoms. The van der Waals surface area contributed by atoms with Crippen LogP contribution in [0, 0.1) is 0 Å². The lowest BCUT2D eigenvalue weighted by atomic mass is 10.0. The monoisotopic (exact) mass is 297 g/mol. The highest BCUT2D eigenvalue weighted by Crippen LogP contribution is 2.20. The average Bonchev–Trinajstić information content (AvgIpc) is 2.78. The highest BCUT2D eigenvalue weighted by molar-refractivity contribution is 9.10. The van der Waals surface area contributed by atoms with Crippen molar-refractivity contribution in [3.05, 3.63) is 34.3 Å². The van der Waals surface area contributed by atoms with Crippen LogP contribution >= 0.6 is 15.9 Å². The molecule has 1 aromatic rings. The Morgan fingerprint density at radius 1 is 1.53 bits per heavy atom. The van der Waals surface area contributed by atoms with E-state index < -0.39 is 0 Å². The first-order valence-electron chi connectivity index (χ1n) is 5.24. The van der Waals surface area contributed by atoms with Crippen LogP contribution in [0.15, 0.2) is 33.9 Å². The van der Waals surface area contributed by atoms with Crippen LogP contribution in [0.5, 0.6) is 0 Å². The molecule has 0 aliphatic carbocycles. The molecule has 0 amide bonds. The summed E-state index contributed by atoms with van der Waals surface area (Å²) in [4.78, 5) is 16.3. The fourth-order valence-corrected chi connectivity index (χ4v) is 1.88. The Kier molecular flexibility index (Phi) is 3.78. The van der Waals surface area contributed by atoms with Crippen LogP contribution < -0.4 is 0 Å². The predicted molar refractivity (Wildman–Crippen MR) is 66.8 cm³/mol. The topological polar surface area (TPSA) is 47.9 Å². The first-order chi connectivity index (χ1) is 8.19. The molecule has 0 fully saturated rings. The number of ether oxygens (including phenoxy) is 1. The molecule has 0 aromatic heterocycles.